The molecular weight excluding hydrogens is 320 g/mol. The zero-order chi connectivity index (χ0) is 13.7. The topological polar surface area (TPSA) is 38.9 Å². The summed E-state index contributed by atoms with van der Waals surface area (Å²) in [5, 5.41) is 0.264. The van der Waals surface area contributed by atoms with Gasteiger partial charge in [-0.3, -0.25) is 4.98 Å². The molecule has 0 amide bonds. The van der Waals surface area contributed by atoms with Crippen molar-refractivity contribution in [1.29, 1.82) is 0 Å². The third-order valence-electron chi connectivity index (χ3n) is 2.97. The number of nitrogens with zero attached hydrogens (tertiary/aromatic N) is 1. The van der Waals surface area contributed by atoms with Gasteiger partial charge in [0.05, 0.1) is 0 Å². The lowest BCUT2D eigenvalue weighted by Gasteiger charge is -2.23. The van der Waals surface area contributed by atoms with E-state index in [4.69, 9.17) is 5.73 Å². The molecule has 0 spiro atoms. The number of rotatable bonds is 5. The normalized spacial score (nSPS) is 14.1. The highest BCUT2D eigenvalue weighted by Gasteiger charge is 2.19. The fraction of sp³-hybridized carbons (Fsp3) is 0.267. The van der Waals surface area contributed by atoms with Crippen molar-refractivity contribution in [3.63, 3.8) is 0 Å². The van der Waals surface area contributed by atoms with Crippen LogP contribution in [0.5, 0.6) is 0 Å². The average molecular weight is 337 g/mol. The molecule has 1 heterocycles. The standard InChI is InChI=1S/C15H17BrN2S/c1-2-14(17)15(11-3-5-12(16)6-4-11)19-13-7-9-18-10-8-13/h3-10,14-15H,2,17H2,1H3. The van der Waals surface area contributed by atoms with Crippen molar-refractivity contribution >= 4 is 27.7 Å². The molecule has 2 rings (SSSR count). The van der Waals surface area contributed by atoms with Gasteiger partial charge in [-0.05, 0) is 36.2 Å². The highest BCUT2D eigenvalue weighted by Crippen LogP contribution is 2.38. The Hall–Kier alpha value is -0.840. The van der Waals surface area contributed by atoms with E-state index in [1.54, 1.807) is 11.8 Å². The van der Waals surface area contributed by atoms with Crippen LogP contribution in [-0.2, 0) is 0 Å². The first-order valence-electron chi connectivity index (χ1n) is 6.28. The van der Waals surface area contributed by atoms with Crippen molar-refractivity contribution in [2.75, 3.05) is 0 Å². The highest BCUT2D eigenvalue weighted by molar-refractivity contribution is 9.10. The summed E-state index contributed by atoms with van der Waals surface area (Å²) >= 11 is 5.27. The molecule has 0 radical (unpaired) electrons. The molecule has 0 saturated heterocycles. The highest BCUT2D eigenvalue weighted by atomic mass is 79.9. The maximum Gasteiger partial charge on any atom is 0.0495 e. The van der Waals surface area contributed by atoms with Gasteiger partial charge in [0.2, 0.25) is 0 Å². The van der Waals surface area contributed by atoms with Crippen molar-refractivity contribution in [1.82, 2.24) is 4.98 Å². The summed E-state index contributed by atoms with van der Waals surface area (Å²) in [5.41, 5.74) is 7.55. The van der Waals surface area contributed by atoms with E-state index in [9.17, 15) is 0 Å². The van der Waals surface area contributed by atoms with E-state index < -0.39 is 0 Å². The van der Waals surface area contributed by atoms with Gasteiger partial charge in [0.15, 0.2) is 0 Å². The summed E-state index contributed by atoms with van der Waals surface area (Å²) in [7, 11) is 0. The molecule has 100 valence electrons. The van der Waals surface area contributed by atoms with Crippen LogP contribution in [0, 0.1) is 0 Å². The molecule has 2 atom stereocenters. The van der Waals surface area contributed by atoms with Crippen LogP contribution in [0.15, 0.2) is 58.2 Å². The van der Waals surface area contributed by atoms with Gasteiger partial charge in [-0.15, -0.1) is 11.8 Å². The molecule has 2 nitrogen and oxygen atoms in total. The van der Waals surface area contributed by atoms with Gasteiger partial charge in [0.1, 0.15) is 0 Å². The summed E-state index contributed by atoms with van der Waals surface area (Å²) in [6.45, 7) is 2.13. The Kier molecular flexibility index (Phi) is 5.43. The number of halogens is 1. The van der Waals surface area contributed by atoms with Crippen LogP contribution in [0.2, 0.25) is 0 Å². The first-order chi connectivity index (χ1) is 9.20. The van der Waals surface area contributed by atoms with Crippen LogP contribution in [-0.4, -0.2) is 11.0 Å². The zero-order valence-electron chi connectivity index (χ0n) is 10.8. The minimum absolute atomic E-state index is 0.138. The van der Waals surface area contributed by atoms with Crippen LogP contribution >= 0.6 is 27.7 Å². The molecule has 0 aliphatic carbocycles. The van der Waals surface area contributed by atoms with E-state index in [2.05, 4.69) is 52.1 Å². The minimum atomic E-state index is 0.138. The Bertz CT molecular complexity index is 501. The van der Waals surface area contributed by atoms with Crippen LogP contribution in [0.1, 0.15) is 24.2 Å². The number of hydrogen-bond donors (Lipinski definition) is 1. The quantitative estimate of drug-likeness (QED) is 0.821. The van der Waals surface area contributed by atoms with E-state index >= 15 is 0 Å². The molecule has 19 heavy (non-hydrogen) atoms. The lowest BCUT2D eigenvalue weighted by Crippen LogP contribution is -2.25. The molecule has 0 fully saturated rings. The largest absolute Gasteiger partial charge is 0.326 e. The summed E-state index contributed by atoms with van der Waals surface area (Å²) in [6, 6.07) is 12.6. The molecule has 0 aliphatic rings. The molecule has 2 N–H and O–H groups in total. The first-order valence-corrected chi connectivity index (χ1v) is 7.95. The molecule has 2 unspecified atom stereocenters. The van der Waals surface area contributed by atoms with Gasteiger partial charge >= 0.3 is 0 Å². The number of benzene rings is 1. The molecule has 2 aromatic rings. The van der Waals surface area contributed by atoms with Crippen molar-refractivity contribution in [2.45, 2.75) is 29.5 Å². The van der Waals surface area contributed by atoms with Crippen molar-refractivity contribution in [3.05, 3.63) is 58.8 Å². The van der Waals surface area contributed by atoms with E-state index in [1.807, 2.05) is 24.5 Å². The third-order valence-corrected chi connectivity index (χ3v) is 4.92. The smallest absolute Gasteiger partial charge is 0.0495 e. The molecule has 1 aromatic heterocycles. The SMILES string of the molecule is CCC(N)C(Sc1ccncc1)c1ccc(Br)cc1. The maximum absolute atomic E-state index is 6.29. The zero-order valence-corrected chi connectivity index (χ0v) is 13.2. The minimum Gasteiger partial charge on any atom is -0.326 e. The van der Waals surface area contributed by atoms with Gasteiger partial charge in [-0.25, -0.2) is 0 Å². The van der Waals surface area contributed by atoms with Crippen LogP contribution in [0.3, 0.4) is 0 Å². The average Bonchev–Trinajstić information content (AvgIpc) is 2.46. The molecule has 0 bridgehead atoms. The van der Waals surface area contributed by atoms with E-state index in [-0.39, 0.29) is 11.3 Å². The fourth-order valence-corrected chi connectivity index (χ4v) is 3.33. The lowest BCUT2D eigenvalue weighted by molar-refractivity contribution is 0.634. The summed E-state index contributed by atoms with van der Waals surface area (Å²) in [5.74, 6) is 0. The molecule has 0 saturated carbocycles. The molecular formula is C15H17BrN2S. The molecule has 1 aromatic carbocycles. The Morgan fingerprint density at radius 2 is 1.79 bits per heavy atom. The van der Waals surface area contributed by atoms with Gasteiger partial charge in [0, 0.05) is 33.1 Å². The third kappa shape index (κ3) is 4.06. The number of hydrogen-bond acceptors (Lipinski definition) is 3. The summed E-state index contributed by atoms with van der Waals surface area (Å²) in [4.78, 5) is 5.25. The van der Waals surface area contributed by atoms with Gasteiger partial charge in [0.25, 0.3) is 0 Å². The van der Waals surface area contributed by atoms with Crippen LogP contribution in [0.25, 0.3) is 0 Å². The van der Waals surface area contributed by atoms with Crippen LogP contribution in [0.4, 0.5) is 0 Å². The Morgan fingerprint density at radius 1 is 1.16 bits per heavy atom. The second-order valence-corrected chi connectivity index (χ2v) is 6.48. The number of nitrogens with two attached hydrogens (primary N) is 1. The predicted octanol–water partition coefficient (Wildman–Crippen LogP) is 4.41. The Morgan fingerprint density at radius 3 is 2.37 bits per heavy atom. The summed E-state index contributed by atoms with van der Waals surface area (Å²) < 4.78 is 1.09. The van der Waals surface area contributed by atoms with Gasteiger partial charge < -0.3 is 5.73 Å². The second kappa shape index (κ2) is 7.08. The summed E-state index contributed by atoms with van der Waals surface area (Å²) in [6.07, 6.45) is 4.59. The number of pyridine rings is 1. The van der Waals surface area contributed by atoms with Gasteiger partial charge in [-0.2, -0.15) is 0 Å². The first kappa shape index (κ1) is 14.6. The predicted molar refractivity (Wildman–Crippen MR) is 85.2 cm³/mol. The van der Waals surface area contributed by atoms with Crippen molar-refractivity contribution in [3.8, 4) is 0 Å². The Balaban J connectivity index is 2.23. The number of aromatic nitrogens is 1. The van der Waals surface area contributed by atoms with E-state index in [1.165, 1.54) is 10.5 Å². The Labute approximate surface area is 126 Å². The number of thioether (sulfide) groups is 1. The molecule has 0 aliphatic heterocycles. The second-order valence-electron chi connectivity index (χ2n) is 4.35. The van der Waals surface area contributed by atoms with Crippen molar-refractivity contribution < 1.29 is 0 Å². The van der Waals surface area contributed by atoms with E-state index in [0.29, 0.717) is 0 Å². The monoisotopic (exact) mass is 336 g/mol. The van der Waals surface area contributed by atoms with E-state index in [0.717, 1.165) is 10.9 Å². The lowest BCUT2D eigenvalue weighted by atomic mass is 10.0. The molecule has 4 heteroatoms. The van der Waals surface area contributed by atoms with Gasteiger partial charge in [-0.1, -0.05) is 35.0 Å². The van der Waals surface area contributed by atoms with Crippen LogP contribution < -0.4 is 5.73 Å². The van der Waals surface area contributed by atoms with Crippen molar-refractivity contribution in [2.24, 2.45) is 5.73 Å². The maximum atomic E-state index is 6.29. The fourth-order valence-electron chi connectivity index (χ4n) is 1.83.